The van der Waals surface area contributed by atoms with Crippen LogP contribution in [0.4, 0.5) is 5.69 Å². The smallest absolute Gasteiger partial charge is 0.140 e. The average molecular weight is 280 g/mol. The Morgan fingerprint density at radius 2 is 2.05 bits per heavy atom. The van der Waals surface area contributed by atoms with E-state index in [0.29, 0.717) is 5.69 Å². The molecule has 0 bridgehead atoms. The second-order valence-corrected chi connectivity index (χ2v) is 5.05. The first kappa shape index (κ1) is 15.0. The molecule has 0 unspecified atom stereocenters. The topological polar surface area (TPSA) is 52.0 Å². The van der Waals surface area contributed by atoms with Gasteiger partial charge in [-0.05, 0) is 36.9 Å². The minimum absolute atomic E-state index is 0.435. The van der Waals surface area contributed by atoms with Gasteiger partial charge in [-0.3, -0.25) is 0 Å². The van der Waals surface area contributed by atoms with Crippen LogP contribution in [0.1, 0.15) is 23.7 Å². The second-order valence-electron chi connectivity index (χ2n) is 5.05. The quantitative estimate of drug-likeness (QED) is 0.883. The number of aromatic nitrogens is 1. The molecule has 108 valence electrons. The summed E-state index contributed by atoms with van der Waals surface area (Å²) in [5.74, 6) is 0. The second kappa shape index (κ2) is 7.41. The van der Waals surface area contributed by atoms with Gasteiger partial charge < -0.3 is 10.2 Å². The number of hydrogen-bond acceptors (Lipinski definition) is 4. The fraction of sp³-hybridized carbons (Fsp3) is 0.294. The molecule has 0 saturated carbocycles. The van der Waals surface area contributed by atoms with Crippen molar-refractivity contribution in [3.05, 3.63) is 59.4 Å². The zero-order valence-corrected chi connectivity index (χ0v) is 12.5. The molecule has 1 aromatic carbocycles. The molecular formula is C17H20N4. The molecule has 1 aromatic heterocycles. The highest BCUT2D eigenvalue weighted by atomic mass is 15.1. The molecule has 2 rings (SSSR count). The van der Waals surface area contributed by atoms with Crippen LogP contribution in [0.15, 0.2) is 42.6 Å². The van der Waals surface area contributed by atoms with E-state index in [1.807, 2.05) is 12.1 Å². The van der Waals surface area contributed by atoms with Crippen molar-refractivity contribution in [1.82, 2.24) is 9.88 Å². The van der Waals surface area contributed by atoms with E-state index < -0.39 is 0 Å². The SMILES string of the molecule is CCN(C)Cc1cccc(CNc2ccc(C#N)nc2)c1. The molecular weight excluding hydrogens is 260 g/mol. The van der Waals surface area contributed by atoms with Crippen LogP contribution in [-0.2, 0) is 13.1 Å². The van der Waals surface area contributed by atoms with E-state index in [4.69, 9.17) is 5.26 Å². The van der Waals surface area contributed by atoms with Gasteiger partial charge in [-0.2, -0.15) is 5.26 Å². The van der Waals surface area contributed by atoms with Gasteiger partial charge in [0, 0.05) is 13.1 Å². The number of hydrogen-bond donors (Lipinski definition) is 1. The molecule has 0 aliphatic carbocycles. The Hall–Kier alpha value is -2.38. The third-order valence-electron chi connectivity index (χ3n) is 3.36. The van der Waals surface area contributed by atoms with Crippen molar-refractivity contribution in [3.8, 4) is 6.07 Å². The molecule has 0 spiro atoms. The van der Waals surface area contributed by atoms with Gasteiger partial charge in [0.05, 0.1) is 11.9 Å². The van der Waals surface area contributed by atoms with E-state index in [1.165, 1.54) is 11.1 Å². The first-order valence-corrected chi connectivity index (χ1v) is 7.07. The molecule has 0 saturated heterocycles. The summed E-state index contributed by atoms with van der Waals surface area (Å²) in [4.78, 5) is 6.32. The number of nitrogens with zero attached hydrogens (tertiary/aromatic N) is 3. The number of rotatable bonds is 6. The Morgan fingerprint density at radius 1 is 1.24 bits per heavy atom. The first-order chi connectivity index (χ1) is 10.2. The molecule has 2 aromatic rings. The third kappa shape index (κ3) is 4.59. The first-order valence-electron chi connectivity index (χ1n) is 7.07. The van der Waals surface area contributed by atoms with Gasteiger partial charge in [0.1, 0.15) is 11.8 Å². The maximum Gasteiger partial charge on any atom is 0.140 e. The summed E-state index contributed by atoms with van der Waals surface area (Å²) in [5.41, 5.74) is 3.91. The molecule has 0 aliphatic rings. The number of pyridine rings is 1. The molecule has 21 heavy (non-hydrogen) atoms. The summed E-state index contributed by atoms with van der Waals surface area (Å²) in [6.07, 6.45) is 1.69. The van der Waals surface area contributed by atoms with Crippen LogP contribution in [0.25, 0.3) is 0 Å². The van der Waals surface area contributed by atoms with E-state index in [1.54, 1.807) is 12.3 Å². The number of benzene rings is 1. The van der Waals surface area contributed by atoms with Crippen molar-refractivity contribution in [2.24, 2.45) is 0 Å². The standard InChI is InChI=1S/C17H20N4/c1-3-21(2)13-15-6-4-5-14(9-15)11-19-17-8-7-16(10-18)20-12-17/h4-9,12,19H,3,11,13H2,1-2H3. The van der Waals surface area contributed by atoms with Crippen LogP contribution >= 0.6 is 0 Å². The minimum Gasteiger partial charge on any atom is -0.380 e. The monoisotopic (exact) mass is 280 g/mol. The normalized spacial score (nSPS) is 10.4. The lowest BCUT2D eigenvalue weighted by Crippen LogP contribution is -2.16. The van der Waals surface area contributed by atoms with Gasteiger partial charge >= 0.3 is 0 Å². The Morgan fingerprint density at radius 3 is 2.71 bits per heavy atom. The summed E-state index contributed by atoms with van der Waals surface area (Å²) in [6, 6.07) is 14.2. The van der Waals surface area contributed by atoms with Crippen LogP contribution in [0, 0.1) is 11.3 Å². The van der Waals surface area contributed by atoms with Gasteiger partial charge in [-0.1, -0.05) is 31.2 Å². The third-order valence-corrected chi connectivity index (χ3v) is 3.36. The van der Waals surface area contributed by atoms with Gasteiger partial charge in [-0.25, -0.2) is 4.98 Å². The van der Waals surface area contributed by atoms with Crippen molar-refractivity contribution in [2.75, 3.05) is 18.9 Å². The minimum atomic E-state index is 0.435. The largest absolute Gasteiger partial charge is 0.380 e. The number of anilines is 1. The van der Waals surface area contributed by atoms with Gasteiger partial charge in [-0.15, -0.1) is 0 Å². The molecule has 0 fully saturated rings. The summed E-state index contributed by atoms with van der Waals surface area (Å²) in [5, 5.41) is 12.0. The Labute approximate surface area is 126 Å². The highest BCUT2D eigenvalue weighted by molar-refractivity contribution is 5.43. The lowest BCUT2D eigenvalue weighted by molar-refractivity contribution is 0.345. The highest BCUT2D eigenvalue weighted by Crippen LogP contribution is 2.11. The maximum atomic E-state index is 8.72. The highest BCUT2D eigenvalue weighted by Gasteiger charge is 2.00. The zero-order valence-electron chi connectivity index (χ0n) is 12.5. The molecule has 0 radical (unpaired) electrons. The average Bonchev–Trinajstić information content (AvgIpc) is 2.53. The van der Waals surface area contributed by atoms with E-state index in [2.05, 4.69) is 53.4 Å². The Bertz CT molecular complexity index is 613. The Balaban J connectivity index is 1.96. The van der Waals surface area contributed by atoms with Crippen LogP contribution < -0.4 is 5.32 Å². The number of nitrogens with one attached hydrogen (secondary N) is 1. The summed E-state index contributed by atoms with van der Waals surface area (Å²) in [6.45, 7) is 4.91. The van der Waals surface area contributed by atoms with E-state index in [9.17, 15) is 0 Å². The zero-order chi connectivity index (χ0) is 15.1. The fourth-order valence-electron chi connectivity index (χ4n) is 2.03. The van der Waals surface area contributed by atoms with Crippen molar-refractivity contribution in [1.29, 1.82) is 5.26 Å². The van der Waals surface area contributed by atoms with Crippen LogP contribution in [-0.4, -0.2) is 23.5 Å². The molecule has 0 aliphatic heterocycles. The Kier molecular flexibility index (Phi) is 5.30. The summed E-state index contributed by atoms with van der Waals surface area (Å²) in [7, 11) is 2.12. The molecule has 4 nitrogen and oxygen atoms in total. The predicted octanol–water partition coefficient (Wildman–Crippen LogP) is 3.02. The molecule has 1 N–H and O–H groups in total. The summed E-state index contributed by atoms with van der Waals surface area (Å²) < 4.78 is 0. The molecule has 0 atom stereocenters. The van der Waals surface area contributed by atoms with Crippen LogP contribution in [0.2, 0.25) is 0 Å². The molecule has 0 amide bonds. The van der Waals surface area contributed by atoms with E-state index in [-0.39, 0.29) is 0 Å². The van der Waals surface area contributed by atoms with Gasteiger partial charge in [0.2, 0.25) is 0 Å². The summed E-state index contributed by atoms with van der Waals surface area (Å²) >= 11 is 0. The van der Waals surface area contributed by atoms with E-state index >= 15 is 0 Å². The van der Waals surface area contributed by atoms with Crippen molar-refractivity contribution in [2.45, 2.75) is 20.0 Å². The van der Waals surface area contributed by atoms with E-state index in [0.717, 1.165) is 25.3 Å². The van der Waals surface area contributed by atoms with Gasteiger partial charge in [0.15, 0.2) is 0 Å². The lowest BCUT2D eigenvalue weighted by atomic mass is 10.1. The van der Waals surface area contributed by atoms with Gasteiger partial charge in [0.25, 0.3) is 0 Å². The molecule has 1 heterocycles. The fourth-order valence-corrected chi connectivity index (χ4v) is 2.03. The van der Waals surface area contributed by atoms with Crippen LogP contribution in [0.3, 0.4) is 0 Å². The van der Waals surface area contributed by atoms with Crippen LogP contribution in [0.5, 0.6) is 0 Å². The van der Waals surface area contributed by atoms with Crippen molar-refractivity contribution < 1.29 is 0 Å². The lowest BCUT2D eigenvalue weighted by Gasteiger charge is -2.14. The van der Waals surface area contributed by atoms with Crippen molar-refractivity contribution >= 4 is 5.69 Å². The predicted molar refractivity (Wildman–Crippen MR) is 84.7 cm³/mol. The molecule has 4 heteroatoms. The number of nitriles is 1. The van der Waals surface area contributed by atoms with Crippen molar-refractivity contribution in [3.63, 3.8) is 0 Å². The maximum absolute atomic E-state index is 8.72.